The molecule has 0 aromatic carbocycles. The van der Waals surface area contributed by atoms with Crippen molar-refractivity contribution in [2.24, 2.45) is 5.41 Å². The Hall–Kier alpha value is -0.640. The van der Waals surface area contributed by atoms with E-state index in [-0.39, 0.29) is 5.41 Å². The van der Waals surface area contributed by atoms with E-state index in [1.54, 1.807) is 0 Å². The van der Waals surface area contributed by atoms with E-state index in [0.717, 1.165) is 25.6 Å². The highest BCUT2D eigenvalue weighted by atomic mass is 32.2. The van der Waals surface area contributed by atoms with Crippen LogP contribution < -0.4 is 10.0 Å². The zero-order valence-electron chi connectivity index (χ0n) is 10.7. The molecule has 0 amide bonds. The van der Waals surface area contributed by atoms with Crippen LogP contribution >= 0.6 is 0 Å². The summed E-state index contributed by atoms with van der Waals surface area (Å²) in [7, 11) is -3.18. The van der Waals surface area contributed by atoms with Crippen LogP contribution in [0.2, 0.25) is 0 Å². The van der Waals surface area contributed by atoms with Gasteiger partial charge in [0.1, 0.15) is 0 Å². The maximum atomic E-state index is 11.1. The van der Waals surface area contributed by atoms with Gasteiger partial charge in [0.15, 0.2) is 0 Å². The first kappa shape index (κ1) is 14.4. The predicted molar refractivity (Wildman–Crippen MR) is 66.8 cm³/mol. The third-order valence-corrected chi connectivity index (χ3v) is 3.86. The van der Waals surface area contributed by atoms with Gasteiger partial charge in [-0.05, 0) is 32.1 Å². The van der Waals surface area contributed by atoms with Gasteiger partial charge in [0.25, 0.3) is 0 Å². The lowest BCUT2D eigenvalue weighted by Gasteiger charge is -2.26. The van der Waals surface area contributed by atoms with Crippen LogP contribution in [0.4, 0.5) is 0 Å². The highest BCUT2D eigenvalue weighted by Crippen LogP contribution is 2.47. The molecule has 0 spiro atoms. The Balaban J connectivity index is 2.33. The van der Waals surface area contributed by atoms with Gasteiger partial charge in [-0.15, -0.1) is 0 Å². The van der Waals surface area contributed by atoms with Crippen LogP contribution in [0.15, 0.2) is 0 Å². The van der Waals surface area contributed by atoms with Gasteiger partial charge >= 0.3 is 0 Å². The van der Waals surface area contributed by atoms with Crippen molar-refractivity contribution in [3.63, 3.8) is 0 Å². The summed E-state index contributed by atoms with van der Waals surface area (Å²) in [5, 5.41) is 11.9. The summed E-state index contributed by atoms with van der Waals surface area (Å²) >= 11 is 0. The van der Waals surface area contributed by atoms with E-state index < -0.39 is 15.6 Å². The molecule has 1 saturated carbocycles. The van der Waals surface area contributed by atoms with E-state index in [0.29, 0.717) is 13.0 Å². The molecule has 0 aromatic rings. The zero-order valence-corrected chi connectivity index (χ0v) is 11.5. The largest absolute Gasteiger partial charge is 0.314 e. The molecule has 0 heterocycles. The van der Waals surface area contributed by atoms with Crippen LogP contribution in [-0.2, 0) is 10.0 Å². The number of sulfonamides is 1. The highest BCUT2D eigenvalue weighted by Gasteiger charge is 2.42. The van der Waals surface area contributed by atoms with Crippen molar-refractivity contribution >= 4 is 10.0 Å². The van der Waals surface area contributed by atoms with E-state index in [9.17, 15) is 8.42 Å². The molecule has 98 valence electrons. The molecule has 0 saturated heterocycles. The summed E-state index contributed by atoms with van der Waals surface area (Å²) in [6.07, 6.45) is 3.92. The SMILES string of the molecule is CC(C)(CNCC1(CC#N)CC1)NS(C)(=O)=O. The zero-order chi connectivity index (χ0) is 13.2. The van der Waals surface area contributed by atoms with Crippen molar-refractivity contribution in [1.82, 2.24) is 10.0 Å². The van der Waals surface area contributed by atoms with Gasteiger partial charge in [0, 0.05) is 25.0 Å². The molecule has 1 rings (SSSR count). The Morgan fingerprint density at radius 1 is 1.41 bits per heavy atom. The van der Waals surface area contributed by atoms with Crippen LogP contribution in [0.5, 0.6) is 0 Å². The van der Waals surface area contributed by atoms with E-state index in [4.69, 9.17) is 5.26 Å². The minimum Gasteiger partial charge on any atom is -0.314 e. The number of hydrogen-bond donors (Lipinski definition) is 2. The van der Waals surface area contributed by atoms with Gasteiger partial charge in [-0.3, -0.25) is 0 Å². The lowest BCUT2D eigenvalue weighted by Crippen LogP contribution is -2.50. The van der Waals surface area contributed by atoms with Crippen LogP contribution in [0, 0.1) is 16.7 Å². The molecule has 5 nitrogen and oxygen atoms in total. The molecule has 17 heavy (non-hydrogen) atoms. The minimum absolute atomic E-state index is 0.149. The maximum absolute atomic E-state index is 11.1. The maximum Gasteiger partial charge on any atom is 0.209 e. The Bertz CT molecular complexity index is 405. The van der Waals surface area contributed by atoms with E-state index in [1.807, 2.05) is 13.8 Å². The normalized spacial score (nSPS) is 18.7. The van der Waals surface area contributed by atoms with Gasteiger partial charge in [-0.2, -0.15) is 5.26 Å². The number of hydrogen-bond acceptors (Lipinski definition) is 4. The average molecular weight is 259 g/mol. The van der Waals surface area contributed by atoms with Crippen molar-refractivity contribution in [1.29, 1.82) is 5.26 Å². The van der Waals surface area contributed by atoms with Crippen LogP contribution in [0.3, 0.4) is 0 Å². The van der Waals surface area contributed by atoms with Crippen LogP contribution in [0.25, 0.3) is 0 Å². The molecule has 0 radical (unpaired) electrons. The molecule has 0 atom stereocenters. The molecule has 0 aromatic heterocycles. The van der Waals surface area contributed by atoms with Crippen molar-refractivity contribution in [2.45, 2.75) is 38.6 Å². The monoisotopic (exact) mass is 259 g/mol. The molecule has 1 fully saturated rings. The molecule has 1 aliphatic carbocycles. The highest BCUT2D eigenvalue weighted by molar-refractivity contribution is 7.88. The summed E-state index contributed by atoms with van der Waals surface area (Å²) in [6.45, 7) is 5.03. The molecule has 0 bridgehead atoms. The third-order valence-electron chi connectivity index (χ3n) is 2.94. The van der Waals surface area contributed by atoms with Gasteiger partial charge in [-0.1, -0.05) is 0 Å². The molecular weight excluding hydrogens is 238 g/mol. The standard InChI is InChI=1S/C11H21N3O2S/c1-10(2,14-17(3,15)16)8-13-9-11(4-5-11)6-7-12/h13-14H,4-6,8-9H2,1-3H3. The summed E-state index contributed by atoms with van der Waals surface area (Å²) < 4.78 is 24.9. The van der Waals surface area contributed by atoms with Gasteiger partial charge in [0.2, 0.25) is 10.0 Å². The number of nitrogens with one attached hydrogen (secondary N) is 2. The van der Waals surface area contributed by atoms with E-state index in [1.165, 1.54) is 0 Å². The second-order valence-electron chi connectivity index (χ2n) is 5.70. The van der Waals surface area contributed by atoms with Gasteiger partial charge in [-0.25, -0.2) is 13.1 Å². The Kier molecular flexibility index (Phi) is 4.18. The topological polar surface area (TPSA) is 82.0 Å². The van der Waals surface area contributed by atoms with E-state index in [2.05, 4.69) is 16.1 Å². The fraction of sp³-hybridized carbons (Fsp3) is 0.909. The summed E-state index contributed by atoms with van der Waals surface area (Å²) in [6, 6.07) is 2.20. The quantitative estimate of drug-likeness (QED) is 0.701. The third kappa shape index (κ3) is 5.48. The first-order chi connectivity index (χ1) is 7.68. The fourth-order valence-corrected chi connectivity index (χ4v) is 3.01. The minimum atomic E-state index is -3.18. The first-order valence-electron chi connectivity index (χ1n) is 5.75. The van der Waals surface area contributed by atoms with Crippen LogP contribution in [0.1, 0.15) is 33.1 Å². The number of rotatable bonds is 7. The van der Waals surface area contributed by atoms with Crippen molar-refractivity contribution in [2.75, 3.05) is 19.3 Å². The number of nitriles is 1. The summed E-state index contributed by atoms with van der Waals surface area (Å²) in [5.74, 6) is 0. The smallest absolute Gasteiger partial charge is 0.209 e. The van der Waals surface area contributed by atoms with Gasteiger partial charge < -0.3 is 5.32 Å². The van der Waals surface area contributed by atoms with Crippen molar-refractivity contribution < 1.29 is 8.42 Å². The predicted octanol–water partition coefficient (Wildman–Crippen LogP) is 0.598. The molecular formula is C11H21N3O2S. The lowest BCUT2D eigenvalue weighted by atomic mass is 10.0. The second-order valence-corrected chi connectivity index (χ2v) is 7.45. The molecule has 0 aliphatic heterocycles. The first-order valence-corrected chi connectivity index (χ1v) is 7.64. The molecule has 6 heteroatoms. The average Bonchev–Trinajstić information content (AvgIpc) is 2.80. The second kappa shape index (κ2) is 4.92. The Labute approximate surface area is 104 Å². The van der Waals surface area contributed by atoms with Crippen molar-refractivity contribution in [3.05, 3.63) is 0 Å². The summed E-state index contributed by atoms with van der Waals surface area (Å²) in [5.41, 5.74) is -0.355. The Morgan fingerprint density at radius 2 is 2.00 bits per heavy atom. The molecule has 1 aliphatic rings. The van der Waals surface area contributed by atoms with Crippen molar-refractivity contribution in [3.8, 4) is 6.07 Å². The number of nitrogens with zero attached hydrogens (tertiary/aromatic N) is 1. The summed E-state index contributed by atoms with van der Waals surface area (Å²) in [4.78, 5) is 0. The van der Waals surface area contributed by atoms with E-state index >= 15 is 0 Å². The lowest BCUT2D eigenvalue weighted by molar-refractivity contribution is 0.385. The fourth-order valence-electron chi connectivity index (χ4n) is 1.94. The Morgan fingerprint density at radius 3 is 2.41 bits per heavy atom. The van der Waals surface area contributed by atoms with Crippen LogP contribution in [-0.4, -0.2) is 33.3 Å². The molecule has 0 unspecified atom stereocenters. The van der Waals surface area contributed by atoms with Gasteiger partial charge in [0.05, 0.1) is 12.3 Å². The molecule has 2 N–H and O–H groups in total.